The third kappa shape index (κ3) is 2.92. The van der Waals surface area contributed by atoms with Crippen LogP contribution in [-0.2, 0) is 4.84 Å². The molecule has 4 heteroatoms. The van der Waals surface area contributed by atoms with Crippen molar-refractivity contribution >= 4 is 6.03 Å². The van der Waals surface area contributed by atoms with Gasteiger partial charge in [-0.05, 0) is 19.3 Å². The van der Waals surface area contributed by atoms with E-state index in [1.807, 2.05) is 0 Å². The van der Waals surface area contributed by atoms with E-state index in [1.165, 1.54) is 7.11 Å². The number of hydrogen-bond donors (Lipinski definition) is 2. The average molecular weight is 170 g/mol. The minimum absolute atomic E-state index is 0.255. The van der Waals surface area contributed by atoms with E-state index in [4.69, 9.17) is 0 Å². The zero-order valence-electron chi connectivity index (χ0n) is 7.17. The molecule has 1 rings (SSSR count). The summed E-state index contributed by atoms with van der Waals surface area (Å²) >= 11 is 0. The molecule has 2 N–H and O–H groups in total. The van der Waals surface area contributed by atoms with Crippen LogP contribution in [0.3, 0.4) is 0 Å². The first-order valence-corrected chi connectivity index (χ1v) is 4.07. The van der Waals surface area contributed by atoms with Crippen molar-refractivity contribution < 1.29 is 9.63 Å². The zero-order valence-corrected chi connectivity index (χ0v) is 7.17. The van der Waals surface area contributed by atoms with E-state index in [9.17, 15) is 4.79 Å². The number of hydrogen-bond acceptors (Lipinski definition) is 2. The second-order valence-electron chi connectivity index (χ2n) is 2.76. The molecule has 1 aliphatic rings. The Balaban J connectivity index is 2.21. The highest BCUT2D eigenvalue weighted by molar-refractivity contribution is 5.73. The van der Waals surface area contributed by atoms with Crippen molar-refractivity contribution in [1.29, 1.82) is 0 Å². The predicted molar refractivity (Wildman–Crippen MR) is 45.5 cm³/mol. The number of rotatable bonds is 2. The molecule has 12 heavy (non-hydrogen) atoms. The molecule has 0 radical (unpaired) electrons. The first-order valence-electron chi connectivity index (χ1n) is 4.07. The summed E-state index contributed by atoms with van der Waals surface area (Å²) in [6, 6.07) is -0.0112. The first-order chi connectivity index (χ1) is 5.83. The van der Waals surface area contributed by atoms with Gasteiger partial charge in [-0.2, -0.15) is 0 Å². The van der Waals surface area contributed by atoms with Crippen molar-refractivity contribution in [1.82, 2.24) is 10.8 Å². The van der Waals surface area contributed by atoms with Gasteiger partial charge < -0.3 is 5.32 Å². The summed E-state index contributed by atoms with van der Waals surface area (Å²) in [5, 5.41) is 2.79. The Morgan fingerprint density at radius 2 is 2.42 bits per heavy atom. The third-order valence-corrected chi connectivity index (χ3v) is 1.80. The molecule has 0 aromatic heterocycles. The number of hydroxylamine groups is 1. The van der Waals surface area contributed by atoms with Crippen LogP contribution in [0.4, 0.5) is 4.79 Å². The maximum Gasteiger partial charge on any atom is 0.338 e. The number of carbonyl (C=O) groups is 1. The van der Waals surface area contributed by atoms with Crippen LogP contribution in [0.15, 0.2) is 12.2 Å². The Morgan fingerprint density at radius 3 is 3.00 bits per heavy atom. The van der Waals surface area contributed by atoms with E-state index in [0.29, 0.717) is 0 Å². The van der Waals surface area contributed by atoms with Gasteiger partial charge in [-0.25, -0.2) is 10.3 Å². The minimum atomic E-state index is -0.266. The number of urea groups is 1. The van der Waals surface area contributed by atoms with Gasteiger partial charge in [0.25, 0.3) is 0 Å². The van der Waals surface area contributed by atoms with Crippen LogP contribution in [0.5, 0.6) is 0 Å². The lowest BCUT2D eigenvalue weighted by molar-refractivity contribution is 0.105. The third-order valence-electron chi connectivity index (χ3n) is 1.80. The summed E-state index contributed by atoms with van der Waals surface area (Å²) in [6.07, 6.45) is 7.18. The molecule has 2 amide bonds. The molecule has 68 valence electrons. The lowest BCUT2D eigenvalue weighted by Crippen LogP contribution is -2.41. The topological polar surface area (TPSA) is 50.4 Å². The summed E-state index contributed by atoms with van der Waals surface area (Å²) in [6.45, 7) is 0. The standard InChI is InChI=1S/C8H14N2O2/c1-12-10-8(11)9-7-5-3-2-4-6-7/h2-3,7H,4-6H2,1H3,(H2,9,10,11). The number of nitrogens with one attached hydrogen (secondary N) is 2. The van der Waals surface area contributed by atoms with Crippen LogP contribution < -0.4 is 10.8 Å². The molecule has 1 unspecified atom stereocenters. The summed E-state index contributed by atoms with van der Waals surface area (Å²) in [5.74, 6) is 0. The van der Waals surface area contributed by atoms with Gasteiger partial charge >= 0.3 is 6.03 Å². The molecule has 0 bridgehead atoms. The van der Waals surface area contributed by atoms with Gasteiger partial charge in [0.05, 0.1) is 7.11 Å². The minimum Gasteiger partial charge on any atom is -0.333 e. The summed E-state index contributed by atoms with van der Waals surface area (Å²) < 4.78 is 0. The quantitative estimate of drug-likeness (QED) is 0.479. The number of allylic oxidation sites excluding steroid dienone is 1. The smallest absolute Gasteiger partial charge is 0.333 e. The lowest BCUT2D eigenvalue weighted by atomic mass is 10.0. The predicted octanol–water partition coefficient (Wildman–Crippen LogP) is 0.956. The van der Waals surface area contributed by atoms with Crippen molar-refractivity contribution in [2.75, 3.05) is 7.11 Å². The fourth-order valence-electron chi connectivity index (χ4n) is 1.23. The molecule has 1 aliphatic carbocycles. The second-order valence-corrected chi connectivity index (χ2v) is 2.76. The van der Waals surface area contributed by atoms with E-state index in [1.54, 1.807) is 0 Å². The van der Waals surface area contributed by atoms with Crippen LogP contribution in [0.25, 0.3) is 0 Å². The molecule has 1 atom stereocenters. The maximum atomic E-state index is 10.9. The number of carbonyl (C=O) groups excluding carboxylic acids is 1. The van der Waals surface area contributed by atoms with E-state index in [2.05, 4.69) is 27.8 Å². The normalized spacial score (nSPS) is 21.9. The average Bonchev–Trinajstić information content (AvgIpc) is 2.06. The summed E-state index contributed by atoms with van der Waals surface area (Å²) in [5.41, 5.74) is 2.22. The van der Waals surface area contributed by atoms with E-state index in [0.717, 1.165) is 19.3 Å². The molecule has 0 fully saturated rings. The van der Waals surface area contributed by atoms with E-state index in [-0.39, 0.29) is 12.1 Å². The fraction of sp³-hybridized carbons (Fsp3) is 0.625. The van der Waals surface area contributed by atoms with Gasteiger partial charge in [-0.1, -0.05) is 12.2 Å². The Morgan fingerprint density at radius 1 is 1.58 bits per heavy atom. The molecule has 0 aliphatic heterocycles. The van der Waals surface area contributed by atoms with Crippen molar-refractivity contribution in [3.8, 4) is 0 Å². The van der Waals surface area contributed by atoms with Crippen molar-refractivity contribution in [3.63, 3.8) is 0 Å². The van der Waals surface area contributed by atoms with Gasteiger partial charge in [0.15, 0.2) is 0 Å². The molecule has 0 heterocycles. The van der Waals surface area contributed by atoms with Gasteiger partial charge in [0, 0.05) is 6.04 Å². The molecule has 0 saturated heterocycles. The van der Waals surface area contributed by atoms with Gasteiger partial charge in [0.2, 0.25) is 0 Å². The second kappa shape index (κ2) is 4.77. The molecular weight excluding hydrogens is 156 g/mol. The largest absolute Gasteiger partial charge is 0.338 e. The lowest BCUT2D eigenvalue weighted by Gasteiger charge is -2.18. The molecule has 0 saturated carbocycles. The van der Waals surface area contributed by atoms with Gasteiger partial charge in [-0.15, -0.1) is 0 Å². The molecule has 4 nitrogen and oxygen atoms in total. The van der Waals surface area contributed by atoms with Crippen molar-refractivity contribution in [2.24, 2.45) is 0 Å². The van der Waals surface area contributed by atoms with Crippen LogP contribution >= 0.6 is 0 Å². The number of amides is 2. The highest BCUT2D eigenvalue weighted by Crippen LogP contribution is 2.09. The SMILES string of the molecule is CONC(=O)NC1CC=CCC1. The van der Waals surface area contributed by atoms with Crippen LogP contribution in [0.2, 0.25) is 0 Å². The Hall–Kier alpha value is -1.03. The molecule has 0 aromatic carbocycles. The van der Waals surface area contributed by atoms with Crippen molar-refractivity contribution in [3.05, 3.63) is 12.2 Å². The Labute approximate surface area is 71.9 Å². The van der Waals surface area contributed by atoms with Crippen molar-refractivity contribution in [2.45, 2.75) is 25.3 Å². The summed E-state index contributed by atoms with van der Waals surface area (Å²) in [7, 11) is 1.42. The fourth-order valence-corrected chi connectivity index (χ4v) is 1.23. The van der Waals surface area contributed by atoms with Gasteiger partial charge in [0.1, 0.15) is 0 Å². The van der Waals surface area contributed by atoms with Crippen LogP contribution in [-0.4, -0.2) is 19.2 Å². The molecule has 0 aromatic rings. The van der Waals surface area contributed by atoms with Crippen LogP contribution in [0.1, 0.15) is 19.3 Å². The first kappa shape index (κ1) is 9.06. The summed E-state index contributed by atoms with van der Waals surface area (Å²) in [4.78, 5) is 15.4. The van der Waals surface area contributed by atoms with Gasteiger partial charge in [-0.3, -0.25) is 4.84 Å². The van der Waals surface area contributed by atoms with E-state index >= 15 is 0 Å². The Kier molecular flexibility index (Phi) is 3.60. The molecule has 0 spiro atoms. The van der Waals surface area contributed by atoms with Crippen LogP contribution in [0, 0.1) is 0 Å². The zero-order chi connectivity index (χ0) is 8.81. The highest BCUT2D eigenvalue weighted by Gasteiger charge is 2.11. The monoisotopic (exact) mass is 170 g/mol. The molecular formula is C8H14N2O2. The Bertz CT molecular complexity index is 180. The van der Waals surface area contributed by atoms with E-state index < -0.39 is 0 Å². The highest BCUT2D eigenvalue weighted by atomic mass is 16.6. The maximum absolute atomic E-state index is 10.9.